The van der Waals surface area contributed by atoms with Crippen molar-refractivity contribution in [1.82, 2.24) is 9.80 Å². The van der Waals surface area contributed by atoms with Gasteiger partial charge in [0.1, 0.15) is 0 Å². The molecule has 1 saturated heterocycles. The Morgan fingerprint density at radius 1 is 1.14 bits per heavy atom. The van der Waals surface area contributed by atoms with Crippen molar-refractivity contribution >= 4 is 11.6 Å². The fourth-order valence-electron chi connectivity index (χ4n) is 2.47. The van der Waals surface area contributed by atoms with E-state index in [0.717, 1.165) is 38.4 Å². The SMILES string of the molecule is COc1ccc(NC(=O)CCN2CCN(C)CC2)cc1OC. The summed E-state index contributed by atoms with van der Waals surface area (Å²) in [6.45, 7) is 4.99. The van der Waals surface area contributed by atoms with E-state index in [4.69, 9.17) is 9.47 Å². The third kappa shape index (κ3) is 4.61. The van der Waals surface area contributed by atoms with E-state index >= 15 is 0 Å². The monoisotopic (exact) mass is 307 g/mol. The zero-order chi connectivity index (χ0) is 15.9. The Hall–Kier alpha value is -1.79. The van der Waals surface area contributed by atoms with Crippen LogP contribution in [0.5, 0.6) is 11.5 Å². The molecule has 0 saturated carbocycles. The molecule has 122 valence electrons. The molecule has 1 aliphatic heterocycles. The second-order valence-electron chi connectivity index (χ2n) is 5.51. The zero-order valence-corrected chi connectivity index (χ0v) is 13.6. The van der Waals surface area contributed by atoms with Gasteiger partial charge >= 0.3 is 0 Å². The van der Waals surface area contributed by atoms with Crippen LogP contribution >= 0.6 is 0 Å². The topological polar surface area (TPSA) is 54.0 Å². The lowest BCUT2D eigenvalue weighted by Gasteiger charge is -2.32. The average molecular weight is 307 g/mol. The molecule has 22 heavy (non-hydrogen) atoms. The molecule has 0 radical (unpaired) electrons. The molecule has 1 heterocycles. The van der Waals surface area contributed by atoms with E-state index in [1.54, 1.807) is 26.4 Å². The van der Waals surface area contributed by atoms with Gasteiger partial charge in [-0.25, -0.2) is 0 Å². The number of benzene rings is 1. The summed E-state index contributed by atoms with van der Waals surface area (Å²) in [5.74, 6) is 1.28. The van der Waals surface area contributed by atoms with Crippen molar-refractivity contribution in [3.63, 3.8) is 0 Å². The number of likely N-dealkylation sites (N-methyl/N-ethyl adjacent to an activating group) is 1. The highest BCUT2D eigenvalue weighted by Crippen LogP contribution is 2.29. The van der Waals surface area contributed by atoms with Gasteiger partial charge in [-0.15, -0.1) is 0 Å². The molecule has 1 aromatic carbocycles. The number of piperazine rings is 1. The number of amides is 1. The van der Waals surface area contributed by atoms with Gasteiger partial charge in [-0.1, -0.05) is 0 Å². The van der Waals surface area contributed by atoms with Crippen molar-refractivity contribution in [2.45, 2.75) is 6.42 Å². The molecule has 1 fully saturated rings. The molecule has 6 heteroatoms. The van der Waals surface area contributed by atoms with Crippen molar-refractivity contribution in [3.05, 3.63) is 18.2 Å². The van der Waals surface area contributed by atoms with E-state index in [1.807, 2.05) is 6.07 Å². The highest BCUT2D eigenvalue weighted by molar-refractivity contribution is 5.91. The molecule has 0 unspecified atom stereocenters. The second kappa shape index (κ2) is 8.00. The first kappa shape index (κ1) is 16.6. The lowest BCUT2D eigenvalue weighted by molar-refractivity contribution is -0.116. The Bertz CT molecular complexity index is 499. The first-order chi connectivity index (χ1) is 10.6. The zero-order valence-electron chi connectivity index (χ0n) is 13.6. The Morgan fingerprint density at radius 3 is 2.45 bits per heavy atom. The average Bonchev–Trinajstić information content (AvgIpc) is 2.54. The number of nitrogens with one attached hydrogen (secondary N) is 1. The summed E-state index contributed by atoms with van der Waals surface area (Å²) in [5.41, 5.74) is 0.723. The van der Waals surface area contributed by atoms with E-state index in [1.165, 1.54) is 0 Å². The summed E-state index contributed by atoms with van der Waals surface area (Å²) in [6.07, 6.45) is 0.498. The predicted molar refractivity (Wildman–Crippen MR) is 86.7 cm³/mol. The van der Waals surface area contributed by atoms with Crippen molar-refractivity contribution in [3.8, 4) is 11.5 Å². The largest absolute Gasteiger partial charge is 0.493 e. The second-order valence-corrected chi connectivity index (χ2v) is 5.51. The number of rotatable bonds is 6. The van der Waals surface area contributed by atoms with Crippen LogP contribution in [0.3, 0.4) is 0 Å². The summed E-state index contributed by atoms with van der Waals surface area (Å²) in [5, 5.41) is 2.90. The fraction of sp³-hybridized carbons (Fsp3) is 0.562. The number of anilines is 1. The molecular weight excluding hydrogens is 282 g/mol. The Balaban J connectivity index is 1.81. The highest BCUT2D eigenvalue weighted by Gasteiger charge is 2.15. The van der Waals surface area contributed by atoms with Crippen molar-refractivity contribution in [2.24, 2.45) is 0 Å². The molecule has 2 rings (SSSR count). The first-order valence-corrected chi connectivity index (χ1v) is 7.55. The Kier molecular flexibility index (Phi) is 6.03. The highest BCUT2D eigenvalue weighted by atomic mass is 16.5. The molecule has 1 amide bonds. The molecule has 1 N–H and O–H groups in total. The standard InChI is InChI=1S/C16H25N3O3/c1-18-8-10-19(11-9-18)7-6-16(20)17-13-4-5-14(21-2)15(12-13)22-3/h4-5,12H,6-11H2,1-3H3,(H,17,20). The maximum atomic E-state index is 12.1. The van der Waals surface area contributed by atoms with Crippen LogP contribution in [-0.2, 0) is 4.79 Å². The van der Waals surface area contributed by atoms with Gasteiger partial charge in [-0.3, -0.25) is 4.79 Å². The molecule has 1 aliphatic rings. The van der Waals surface area contributed by atoms with Crippen LogP contribution in [0.15, 0.2) is 18.2 Å². The summed E-state index contributed by atoms with van der Waals surface area (Å²) in [4.78, 5) is 16.7. The Labute approximate surface area is 132 Å². The lowest BCUT2D eigenvalue weighted by atomic mass is 10.2. The van der Waals surface area contributed by atoms with Gasteiger partial charge in [0.2, 0.25) is 5.91 Å². The summed E-state index contributed by atoms with van der Waals surface area (Å²) in [6, 6.07) is 5.37. The molecule has 6 nitrogen and oxygen atoms in total. The first-order valence-electron chi connectivity index (χ1n) is 7.55. The van der Waals surface area contributed by atoms with Crippen LogP contribution in [-0.4, -0.2) is 69.7 Å². The van der Waals surface area contributed by atoms with E-state index < -0.39 is 0 Å². The minimum Gasteiger partial charge on any atom is -0.493 e. The number of methoxy groups -OCH3 is 2. The maximum Gasteiger partial charge on any atom is 0.225 e. The molecule has 0 atom stereocenters. The van der Waals surface area contributed by atoms with Crippen LogP contribution in [0, 0.1) is 0 Å². The maximum absolute atomic E-state index is 12.1. The van der Waals surface area contributed by atoms with Crippen molar-refractivity contribution < 1.29 is 14.3 Å². The van der Waals surface area contributed by atoms with Crippen LogP contribution in [0.1, 0.15) is 6.42 Å². The number of hydrogen-bond donors (Lipinski definition) is 1. The molecule has 0 spiro atoms. The lowest BCUT2D eigenvalue weighted by Crippen LogP contribution is -2.45. The van der Waals surface area contributed by atoms with Gasteiger partial charge in [-0.2, -0.15) is 0 Å². The van der Waals surface area contributed by atoms with Crippen molar-refractivity contribution in [1.29, 1.82) is 0 Å². The van der Waals surface area contributed by atoms with Crippen LogP contribution in [0.25, 0.3) is 0 Å². The molecule has 0 aromatic heterocycles. The van der Waals surface area contributed by atoms with Gasteiger partial charge < -0.3 is 24.6 Å². The molecule has 0 bridgehead atoms. The number of nitrogens with zero attached hydrogens (tertiary/aromatic N) is 2. The molecular formula is C16H25N3O3. The van der Waals surface area contributed by atoms with Gasteiger partial charge in [0.15, 0.2) is 11.5 Å². The minimum atomic E-state index is 0.0196. The van der Waals surface area contributed by atoms with E-state index in [-0.39, 0.29) is 5.91 Å². The van der Waals surface area contributed by atoms with Gasteiger partial charge in [0.05, 0.1) is 14.2 Å². The van der Waals surface area contributed by atoms with E-state index in [0.29, 0.717) is 17.9 Å². The summed E-state index contributed by atoms with van der Waals surface area (Å²) >= 11 is 0. The molecule has 0 aliphatic carbocycles. The molecule has 1 aromatic rings. The summed E-state index contributed by atoms with van der Waals surface area (Å²) < 4.78 is 10.4. The number of carbonyl (C=O) groups excluding carboxylic acids is 1. The third-order valence-electron chi connectivity index (χ3n) is 3.92. The fourth-order valence-corrected chi connectivity index (χ4v) is 2.47. The van der Waals surface area contributed by atoms with E-state index in [9.17, 15) is 4.79 Å². The van der Waals surface area contributed by atoms with Gasteiger partial charge in [0, 0.05) is 50.9 Å². The third-order valence-corrected chi connectivity index (χ3v) is 3.92. The predicted octanol–water partition coefficient (Wildman–Crippen LogP) is 1.28. The van der Waals surface area contributed by atoms with Crippen LogP contribution < -0.4 is 14.8 Å². The normalized spacial score (nSPS) is 16.3. The number of hydrogen-bond acceptors (Lipinski definition) is 5. The van der Waals surface area contributed by atoms with E-state index in [2.05, 4.69) is 22.2 Å². The minimum absolute atomic E-state index is 0.0196. The van der Waals surface area contributed by atoms with Gasteiger partial charge in [0.25, 0.3) is 0 Å². The van der Waals surface area contributed by atoms with Gasteiger partial charge in [-0.05, 0) is 19.2 Å². The van der Waals surface area contributed by atoms with Crippen LogP contribution in [0.2, 0.25) is 0 Å². The quantitative estimate of drug-likeness (QED) is 0.858. The Morgan fingerprint density at radius 2 is 1.82 bits per heavy atom. The smallest absolute Gasteiger partial charge is 0.225 e. The van der Waals surface area contributed by atoms with Crippen molar-refractivity contribution in [2.75, 3.05) is 59.3 Å². The number of carbonyl (C=O) groups is 1. The summed E-state index contributed by atoms with van der Waals surface area (Å²) in [7, 11) is 5.30. The van der Waals surface area contributed by atoms with Crippen LogP contribution in [0.4, 0.5) is 5.69 Å². The number of ether oxygens (including phenoxy) is 2.